The van der Waals surface area contributed by atoms with Gasteiger partial charge in [0, 0.05) is 10.8 Å². The zero-order valence-electron chi connectivity index (χ0n) is 23.4. The minimum Gasteiger partial charge on any atom is -0.456 e. The highest BCUT2D eigenvalue weighted by atomic mass is 19.4. The van der Waals surface area contributed by atoms with Gasteiger partial charge in [0.1, 0.15) is 11.2 Å². The largest absolute Gasteiger partial charge is 0.456 e. The summed E-state index contributed by atoms with van der Waals surface area (Å²) in [4.78, 5) is 0. The molecule has 7 heteroatoms. The van der Waals surface area contributed by atoms with Gasteiger partial charge in [-0.05, 0) is 80.9 Å². The van der Waals surface area contributed by atoms with Crippen molar-refractivity contribution in [2.45, 2.75) is 12.4 Å². The van der Waals surface area contributed by atoms with E-state index in [-0.39, 0.29) is 17.2 Å². The van der Waals surface area contributed by atoms with Crippen molar-refractivity contribution in [3.8, 4) is 44.5 Å². The molecule has 45 heavy (non-hydrogen) atoms. The third kappa shape index (κ3) is 5.57. The first-order chi connectivity index (χ1) is 21.5. The zero-order chi connectivity index (χ0) is 31.3. The number of halogens is 6. The van der Waals surface area contributed by atoms with Crippen molar-refractivity contribution in [1.82, 2.24) is 0 Å². The maximum atomic E-state index is 13.3. The van der Waals surface area contributed by atoms with E-state index in [4.69, 9.17) is 4.42 Å². The Morgan fingerprint density at radius 2 is 0.711 bits per heavy atom. The van der Waals surface area contributed by atoms with Crippen LogP contribution in [0, 0.1) is 0 Å². The number of rotatable bonds is 4. The van der Waals surface area contributed by atoms with Gasteiger partial charge in [-0.3, -0.25) is 0 Å². The molecule has 0 radical (unpaired) electrons. The third-order valence-corrected chi connectivity index (χ3v) is 7.95. The molecule has 6 aromatic carbocycles. The van der Waals surface area contributed by atoms with E-state index < -0.39 is 23.5 Å². The van der Waals surface area contributed by atoms with Crippen LogP contribution in [0.25, 0.3) is 66.4 Å². The Labute approximate surface area is 254 Å². The lowest BCUT2D eigenvalue weighted by molar-refractivity contribution is -0.143. The summed E-state index contributed by atoms with van der Waals surface area (Å²) in [6.07, 6.45) is -9.80. The molecular formula is C38H22F6O. The standard InChI is InChI=1S/C38H22F6O/c39-37(40,41)31-19-30(20-32(22-31)38(42,43)44)28-15-11-26(12-16-28)24-7-5-23(6-8-24)25-9-13-27(14-10-25)29-17-18-36-34(21-29)33-3-1-2-4-35(33)45-36/h1-22H. The minimum atomic E-state index is -4.90. The molecule has 7 rings (SSSR count). The first-order valence-corrected chi connectivity index (χ1v) is 14.1. The molecule has 0 aliphatic rings. The van der Waals surface area contributed by atoms with Crippen molar-refractivity contribution < 1.29 is 30.8 Å². The Bertz CT molecular complexity index is 2120. The van der Waals surface area contributed by atoms with Gasteiger partial charge in [0.05, 0.1) is 11.1 Å². The molecule has 0 amide bonds. The van der Waals surface area contributed by atoms with Gasteiger partial charge in [-0.15, -0.1) is 0 Å². The van der Waals surface area contributed by atoms with Crippen molar-refractivity contribution in [2.75, 3.05) is 0 Å². The first kappa shape index (κ1) is 28.5. The number of hydrogen-bond acceptors (Lipinski definition) is 1. The number of hydrogen-bond donors (Lipinski definition) is 0. The monoisotopic (exact) mass is 608 g/mol. The highest BCUT2D eigenvalue weighted by Crippen LogP contribution is 2.39. The first-order valence-electron chi connectivity index (χ1n) is 14.1. The van der Waals surface area contributed by atoms with Crippen LogP contribution in [-0.4, -0.2) is 0 Å². The molecule has 0 aliphatic heterocycles. The predicted octanol–water partition coefficient (Wildman–Crippen LogP) is 12.3. The molecule has 0 spiro atoms. The van der Waals surface area contributed by atoms with Gasteiger partial charge in [0.25, 0.3) is 0 Å². The summed E-state index contributed by atoms with van der Waals surface area (Å²) in [5, 5.41) is 2.14. The second kappa shape index (κ2) is 10.7. The molecule has 0 atom stereocenters. The Morgan fingerprint density at radius 1 is 0.333 bits per heavy atom. The summed E-state index contributed by atoms with van der Waals surface area (Å²) in [6, 6.07) is 38.3. The molecule has 7 aromatic rings. The van der Waals surface area contributed by atoms with Crippen LogP contribution in [0.2, 0.25) is 0 Å². The molecule has 0 N–H and O–H groups in total. The van der Waals surface area contributed by atoms with Crippen LogP contribution in [0.1, 0.15) is 11.1 Å². The van der Waals surface area contributed by atoms with Crippen LogP contribution in [0.4, 0.5) is 26.3 Å². The van der Waals surface area contributed by atoms with Gasteiger partial charge in [-0.1, -0.05) is 97.1 Å². The van der Waals surface area contributed by atoms with Gasteiger partial charge in [-0.25, -0.2) is 0 Å². The van der Waals surface area contributed by atoms with Gasteiger partial charge >= 0.3 is 12.4 Å². The Kier molecular flexibility index (Phi) is 6.77. The van der Waals surface area contributed by atoms with Crippen molar-refractivity contribution >= 4 is 21.9 Å². The van der Waals surface area contributed by atoms with E-state index in [1.807, 2.05) is 54.6 Å². The fourth-order valence-corrected chi connectivity index (χ4v) is 5.59. The van der Waals surface area contributed by atoms with Crippen LogP contribution < -0.4 is 0 Å². The second-order valence-corrected chi connectivity index (χ2v) is 10.8. The van der Waals surface area contributed by atoms with Crippen molar-refractivity contribution in [1.29, 1.82) is 0 Å². The van der Waals surface area contributed by atoms with E-state index in [1.54, 1.807) is 12.1 Å². The Balaban J connectivity index is 1.11. The van der Waals surface area contributed by atoms with Crippen LogP contribution in [0.15, 0.2) is 138 Å². The number of benzene rings is 6. The van der Waals surface area contributed by atoms with E-state index in [2.05, 4.69) is 36.4 Å². The quantitative estimate of drug-likeness (QED) is 0.181. The van der Waals surface area contributed by atoms with E-state index in [9.17, 15) is 26.3 Å². The van der Waals surface area contributed by atoms with Crippen LogP contribution >= 0.6 is 0 Å². The fourth-order valence-electron chi connectivity index (χ4n) is 5.59. The lowest BCUT2D eigenvalue weighted by Crippen LogP contribution is -2.11. The van der Waals surface area contributed by atoms with E-state index in [1.165, 1.54) is 12.1 Å². The molecule has 0 unspecified atom stereocenters. The average Bonchev–Trinajstić information content (AvgIpc) is 3.42. The molecule has 1 aromatic heterocycles. The second-order valence-electron chi connectivity index (χ2n) is 10.8. The fraction of sp³-hybridized carbons (Fsp3) is 0.0526. The molecular weight excluding hydrogens is 586 g/mol. The number of alkyl halides is 6. The number of para-hydroxylation sites is 1. The molecule has 0 bridgehead atoms. The average molecular weight is 609 g/mol. The Hall–Kier alpha value is -5.30. The normalized spacial score (nSPS) is 12.2. The lowest BCUT2D eigenvalue weighted by Gasteiger charge is -2.14. The maximum absolute atomic E-state index is 13.3. The molecule has 0 saturated heterocycles. The van der Waals surface area contributed by atoms with Crippen LogP contribution in [-0.2, 0) is 12.4 Å². The zero-order valence-corrected chi connectivity index (χ0v) is 23.4. The molecule has 1 nitrogen and oxygen atoms in total. The van der Waals surface area contributed by atoms with Crippen molar-refractivity contribution in [3.05, 3.63) is 145 Å². The van der Waals surface area contributed by atoms with Gasteiger partial charge in [-0.2, -0.15) is 26.3 Å². The molecule has 222 valence electrons. The summed E-state index contributed by atoms with van der Waals surface area (Å²) in [5.74, 6) is 0. The predicted molar refractivity (Wildman–Crippen MR) is 165 cm³/mol. The molecule has 0 aliphatic carbocycles. The van der Waals surface area contributed by atoms with Gasteiger partial charge in [0.2, 0.25) is 0 Å². The maximum Gasteiger partial charge on any atom is 0.416 e. The smallest absolute Gasteiger partial charge is 0.416 e. The minimum absolute atomic E-state index is 0.134. The highest BCUT2D eigenvalue weighted by Gasteiger charge is 2.37. The summed E-state index contributed by atoms with van der Waals surface area (Å²) in [7, 11) is 0. The van der Waals surface area contributed by atoms with Crippen molar-refractivity contribution in [2.24, 2.45) is 0 Å². The van der Waals surface area contributed by atoms with Crippen LogP contribution in [0.5, 0.6) is 0 Å². The van der Waals surface area contributed by atoms with Crippen molar-refractivity contribution in [3.63, 3.8) is 0 Å². The SMILES string of the molecule is FC(F)(F)c1cc(-c2ccc(-c3ccc(-c4ccc(-c5ccc6oc7ccccc7c6c5)cc4)cc3)cc2)cc(C(F)(F)F)c1. The molecule has 0 saturated carbocycles. The number of fused-ring (bicyclic) bond motifs is 3. The lowest BCUT2D eigenvalue weighted by atomic mass is 9.95. The highest BCUT2D eigenvalue weighted by molar-refractivity contribution is 6.06. The summed E-state index contributed by atoms with van der Waals surface area (Å²) in [6.45, 7) is 0. The molecule has 1 heterocycles. The number of furan rings is 1. The molecule has 0 fully saturated rings. The van der Waals surface area contributed by atoms with Crippen LogP contribution in [0.3, 0.4) is 0 Å². The van der Waals surface area contributed by atoms with Gasteiger partial charge < -0.3 is 4.42 Å². The van der Waals surface area contributed by atoms with Gasteiger partial charge in [0.15, 0.2) is 0 Å². The third-order valence-electron chi connectivity index (χ3n) is 7.95. The Morgan fingerprint density at radius 3 is 1.18 bits per heavy atom. The van der Waals surface area contributed by atoms with E-state index in [0.717, 1.165) is 67.5 Å². The van der Waals surface area contributed by atoms with E-state index >= 15 is 0 Å². The summed E-state index contributed by atoms with van der Waals surface area (Å²) < 4.78 is 85.8. The summed E-state index contributed by atoms with van der Waals surface area (Å²) >= 11 is 0. The van der Waals surface area contributed by atoms with E-state index in [0.29, 0.717) is 0 Å². The topological polar surface area (TPSA) is 13.1 Å². The summed E-state index contributed by atoms with van der Waals surface area (Å²) in [5.41, 5.74) is 4.96.